The molecule has 1 aromatic rings. The molecule has 0 spiro atoms. The summed E-state index contributed by atoms with van der Waals surface area (Å²) >= 11 is 0. The molecule has 20 heavy (non-hydrogen) atoms. The Morgan fingerprint density at radius 3 is 2.80 bits per heavy atom. The quantitative estimate of drug-likeness (QED) is 0.593. The maximum atomic E-state index is 5.57. The van der Waals surface area contributed by atoms with Gasteiger partial charge in [-0.3, -0.25) is 0 Å². The highest BCUT2D eigenvalue weighted by Crippen LogP contribution is 2.16. The summed E-state index contributed by atoms with van der Waals surface area (Å²) in [6.45, 7) is 8.20. The van der Waals surface area contributed by atoms with Crippen molar-refractivity contribution in [1.82, 2.24) is 20.3 Å². The van der Waals surface area contributed by atoms with E-state index in [0.29, 0.717) is 19.8 Å². The number of nitrogens with zero attached hydrogens (tertiary/aromatic N) is 3. The lowest BCUT2D eigenvalue weighted by Gasteiger charge is -2.19. The molecule has 1 aromatic heterocycles. The van der Waals surface area contributed by atoms with Crippen molar-refractivity contribution in [3.8, 4) is 0 Å². The molecule has 0 radical (unpaired) electrons. The Morgan fingerprint density at radius 2 is 2.10 bits per heavy atom. The summed E-state index contributed by atoms with van der Waals surface area (Å²) < 4.78 is 12.5. The van der Waals surface area contributed by atoms with Crippen LogP contribution in [-0.4, -0.2) is 48.5 Å². The van der Waals surface area contributed by atoms with Crippen LogP contribution in [0.5, 0.6) is 0 Å². The minimum absolute atomic E-state index is 0.249. The van der Waals surface area contributed by atoms with Crippen LogP contribution < -0.4 is 5.32 Å². The van der Waals surface area contributed by atoms with Gasteiger partial charge in [0.1, 0.15) is 0 Å². The van der Waals surface area contributed by atoms with Gasteiger partial charge >= 0.3 is 0 Å². The maximum Gasteiger partial charge on any atom is 0.0757 e. The van der Waals surface area contributed by atoms with E-state index < -0.39 is 0 Å². The normalized spacial score (nSPS) is 12.8. The second-order valence-electron chi connectivity index (χ2n) is 4.78. The fraction of sp³-hybridized carbons (Fsp3) is 0.857. The molecule has 0 bridgehead atoms. The van der Waals surface area contributed by atoms with Crippen molar-refractivity contribution in [3.05, 3.63) is 11.9 Å². The van der Waals surface area contributed by atoms with Crippen molar-refractivity contribution >= 4 is 0 Å². The average Bonchev–Trinajstić information content (AvgIpc) is 2.90. The highest BCUT2D eigenvalue weighted by Gasteiger charge is 2.16. The maximum absolute atomic E-state index is 5.57. The molecule has 1 heterocycles. The number of aromatic nitrogens is 3. The molecule has 6 nitrogen and oxygen atoms in total. The fourth-order valence-electron chi connectivity index (χ4n) is 2.04. The van der Waals surface area contributed by atoms with Crippen molar-refractivity contribution in [3.63, 3.8) is 0 Å². The summed E-state index contributed by atoms with van der Waals surface area (Å²) in [5.41, 5.74) is 1.15. The fourth-order valence-corrected chi connectivity index (χ4v) is 2.04. The molecule has 116 valence electrons. The predicted octanol–water partition coefficient (Wildman–Crippen LogP) is 1.78. The zero-order valence-corrected chi connectivity index (χ0v) is 13.0. The van der Waals surface area contributed by atoms with Crippen LogP contribution in [0.3, 0.4) is 0 Å². The van der Waals surface area contributed by atoms with Crippen LogP contribution in [-0.2, 0) is 16.0 Å². The minimum atomic E-state index is 0.249. The Bertz CT molecular complexity index is 344. The van der Waals surface area contributed by atoms with Crippen LogP contribution in [0.4, 0.5) is 0 Å². The Kier molecular flexibility index (Phi) is 9.19. The summed E-state index contributed by atoms with van der Waals surface area (Å²) in [6.07, 6.45) is 4.94. The molecule has 1 N–H and O–H groups in total. The van der Waals surface area contributed by atoms with E-state index >= 15 is 0 Å². The van der Waals surface area contributed by atoms with Gasteiger partial charge in [-0.1, -0.05) is 19.1 Å². The van der Waals surface area contributed by atoms with Crippen LogP contribution >= 0.6 is 0 Å². The van der Waals surface area contributed by atoms with E-state index in [-0.39, 0.29) is 6.04 Å². The van der Waals surface area contributed by atoms with Gasteiger partial charge in [0, 0.05) is 20.3 Å². The van der Waals surface area contributed by atoms with Crippen molar-refractivity contribution in [2.75, 3.05) is 33.5 Å². The summed E-state index contributed by atoms with van der Waals surface area (Å²) in [4.78, 5) is 0. The first kappa shape index (κ1) is 17.1. The third-order valence-corrected chi connectivity index (χ3v) is 3.06. The van der Waals surface area contributed by atoms with E-state index in [1.54, 1.807) is 7.11 Å². The van der Waals surface area contributed by atoms with Crippen LogP contribution in [0.15, 0.2) is 6.20 Å². The van der Waals surface area contributed by atoms with Crippen LogP contribution in [0, 0.1) is 0 Å². The first-order chi connectivity index (χ1) is 9.83. The van der Waals surface area contributed by atoms with E-state index in [0.717, 1.165) is 38.0 Å². The molecule has 0 saturated heterocycles. The molecule has 1 atom stereocenters. The van der Waals surface area contributed by atoms with Gasteiger partial charge in [0.15, 0.2) is 0 Å². The van der Waals surface area contributed by atoms with Crippen LogP contribution in [0.2, 0.25) is 0 Å². The van der Waals surface area contributed by atoms with Gasteiger partial charge < -0.3 is 14.8 Å². The number of nitrogens with one attached hydrogen (secondary N) is 1. The molecule has 1 rings (SSSR count). The Morgan fingerprint density at radius 1 is 1.25 bits per heavy atom. The number of rotatable bonds is 12. The highest BCUT2D eigenvalue weighted by atomic mass is 16.5. The predicted molar refractivity (Wildman–Crippen MR) is 78.7 cm³/mol. The van der Waals surface area contributed by atoms with Crippen LogP contribution in [0.1, 0.15) is 44.8 Å². The first-order valence-electron chi connectivity index (χ1n) is 7.51. The summed E-state index contributed by atoms with van der Waals surface area (Å²) in [6, 6.07) is 0.249. The van der Waals surface area contributed by atoms with Gasteiger partial charge in [0.2, 0.25) is 0 Å². The van der Waals surface area contributed by atoms with E-state index in [1.165, 1.54) is 0 Å². The second kappa shape index (κ2) is 10.8. The lowest BCUT2D eigenvalue weighted by molar-refractivity contribution is 0.0654. The SMILES string of the molecule is CCCNC(CCOCCOC)c1cnnn1CCC. The van der Waals surface area contributed by atoms with E-state index in [1.807, 2.05) is 10.9 Å². The van der Waals surface area contributed by atoms with Gasteiger partial charge in [0.05, 0.1) is 31.1 Å². The molecule has 0 aromatic carbocycles. The molecule has 0 amide bonds. The van der Waals surface area contributed by atoms with Crippen molar-refractivity contribution in [2.24, 2.45) is 0 Å². The summed E-state index contributed by atoms with van der Waals surface area (Å²) in [5, 5.41) is 11.7. The molecular weight excluding hydrogens is 256 g/mol. The number of methoxy groups -OCH3 is 1. The lowest BCUT2D eigenvalue weighted by atomic mass is 10.1. The van der Waals surface area contributed by atoms with Gasteiger partial charge in [-0.2, -0.15) is 0 Å². The van der Waals surface area contributed by atoms with Gasteiger partial charge in [-0.15, -0.1) is 5.10 Å². The summed E-state index contributed by atoms with van der Waals surface area (Å²) in [7, 11) is 1.68. The standard InChI is InChI=1S/C14H28N4O2/c1-4-7-15-13(6-9-20-11-10-19-3)14-12-16-17-18(14)8-5-2/h12-13,15H,4-11H2,1-3H3. The zero-order valence-electron chi connectivity index (χ0n) is 13.0. The second-order valence-corrected chi connectivity index (χ2v) is 4.78. The molecule has 0 saturated carbocycles. The number of hydrogen-bond donors (Lipinski definition) is 1. The van der Waals surface area contributed by atoms with Crippen LogP contribution in [0.25, 0.3) is 0 Å². The van der Waals surface area contributed by atoms with Gasteiger partial charge in [-0.05, 0) is 25.8 Å². The first-order valence-corrected chi connectivity index (χ1v) is 7.51. The smallest absolute Gasteiger partial charge is 0.0757 e. The number of hydrogen-bond acceptors (Lipinski definition) is 5. The topological polar surface area (TPSA) is 61.2 Å². The van der Waals surface area contributed by atoms with Crippen molar-refractivity contribution in [2.45, 2.75) is 45.7 Å². The van der Waals surface area contributed by atoms with E-state index in [9.17, 15) is 0 Å². The average molecular weight is 284 g/mol. The largest absolute Gasteiger partial charge is 0.382 e. The molecule has 0 aliphatic heterocycles. The third-order valence-electron chi connectivity index (χ3n) is 3.06. The Labute approximate surface area is 121 Å². The Balaban J connectivity index is 2.51. The monoisotopic (exact) mass is 284 g/mol. The van der Waals surface area contributed by atoms with Crippen molar-refractivity contribution < 1.29 is 9.47 Å². The molecular formula is C14H28N4O2. The highest BCUT2D eigenvalue weighted by molar-refractivity contribution is 5.02. The molecule has 1 unspecified atom stereocenters. The molecule has 6 heteroatoms. The molecule has 0 aliphatic carbocycles. The van der Waals surface area contributed by atoms with E-state index in [4.69, 9.17) is 9.47 Å². The number of ether oxygens (including phenoxy) is 2. The Hall–Kier alpha value is -0.980. The third kappa shape index (κ3) is 5.98. The van der Waals surface area contributed by atoms with Crippen molar-refractivity contribution in [1.29, 1.82) is 0 Å². The van der Waals surface area contributed by atoms with Gasteiger partial charge in [0.25, 0.3) is 0 Å². The molecule has 0 fully saturated rings. The van der Waals surface area contributed by atoms with E-state index in [2.05, 4.69) is 29.5 Å². The summed E-state index contributed by atoms with van der Waals surface area (Å²) in [5.74, 6) is 0. The molecule has 0 aliphatic rings. The lowest BCUT2D eigenvalue weighted by Crippen LogP contribution is -2.26. The van der Waals surface area contributed by atoms with Gasteiger partial charge in [-0.25, -0.2) is 4.68 Å². The number of aryl methyl sites for hydroxylation is 1. The zero-order chi connectivity index (χ0) is 14.6. The minimum Gasteiger partial charge on any atom is -0.382 e.